The summed E-state index contributed by atoms with van der Waals surface area (Å²) in [4.78, 5) is 14.2. The summed E-state index contributed by atoms with van der Waals surface area (Å²) in [6, 6.07) is 5.42. The lowest BCUT2D eigenvalue weighted by molar-refractivity contribution is 0.0577. The second kappa shape index (κ2) is 9.73. The van der Waals surface area contributed by atoms with Crippen molar-refractivity contribution in [1.82, 2.24) is 19.5 Å². The Labute approximate surface area is 199 Å². The summed E-state index contributed by atoms with van der Waals surface area (Å²) >= 11 is 6.07. The molecule has 0 aliphatic heterocycles. The fourth-order valence-electron chi connectivity index (χ4n) is 4.55. The van der Waals surface area contributed by atoms with Gasteiger partial charge in [0.15, 0.2) is 17.0 Å². The predicted molar refractivity (Wildman–Crippen MR) is 132 cm³/mol. The molecule has 8 nitrogen and oxygen atoms in total. The molecule has 1 aromatic carbocycles. The number of nitrogens with zero attached hydrogens (tertiary/aromatic N) is 4. The maximum Gasteiger partial charge on any atom is 0.227 e. The zero-order valence-corrected chi connectivity index (χ0v) is 20.2. The van der Waals surface area contributed by atoms with Gasteiger partial charge in [-0.05, 0) is 39.2 Å². The number of fused-ring (bicyclic) bond motifs is 1. The summed E-state index contributed by atoms with van der Waals surface area (Å²) in [5.41, 5.74) is 1.18. The minimum absolute atomic E-state index is 0.0520. The Morgan fingerprint density at radius 2 is 1.97 bits per heavy atom. The van der Waals surface area contributed by atoms with Crippen LogP contribution in [-0.4, -0.2) is 41.4 Å². The summed E-state index contributed by atoms with van der Waals surface area (Å²) in [7, 11) is 0. The number of rotatable bonds is 8. The molecule has 0 saturated heterocycles. The van der Waals surface area contributed by atoms with Crippen molar-refractivity contribution in [2.75, 3.05) is 10.6 Å². The third-order valence-electron chi connectivity index (χ3n) is 6.47. The number of aliphatic hydroxyl groups is 1. The van der Waals surface area contributed by atoms with Crippen molar-refractivity contribution in [2.45, 2.75) is 83.5 Å². The van der Waals surface area contributed by atoms with Crippen molar-refractivity contribution in [3.63, 3.8) is 0 Å². The van der Waals surface area contributed by atoms with Crippen LogP contribution in [0.2, 0.25) is 5.02 Å². The molecule has 33 heavy (non-hydrogen) atoms. The van der Waals surface area contributed by atoms with Gasteiger partial charge >= 0.3 is 0 Å². The fraction of sp³-hybridized carbons (Fsp3) is 0.542. The van der Waals surface area contributed by atoms with Crippen LogP contribution in [0, 0.1) is 0 Å². The van der Waals surface area contributed by atoms with Crippen LogP contribution in [0.4, 0.5) is 11.8 Å². The zero-order valence-electron chi connectivity index (χ0n) is 19.5. The molecular weight excluding hydrogens is 440 g/mol. The SMILES string of the molecule is CCC(Nc1nc(NCc2cccc(Cl)c2O)c2ncn(C3CCCCC3)c2n1)C(C)(C)O. The summed E-state index contributed by atoms with van der Waals surface area (Å²) in [5.74, 6) is 1.06. The molecule has 1 fully saturated rings. The summed E-state index contributed by atoms with van der Waals surface area (Å²) in [6.07, 6.45) is 8.47. The Morgan fingerprint density at radius 3 is 2.67 bits per heavy atom. The number of anilines is 2. The van der Waals surface area contributed by atoms with E-state index < -0.39 is 5.60 Å². The maximum absolute atomic E-state index is 10.6. The van der Waals surface area contributed by atoms with Gasteiger partial charge in [0, 0.05) is 18.2 Å². The molecule has 0 amide bonds. The van der Waals surface area contributed by atoms with E-state index >= 15 is 0 Å². The predicted octanol–water partition coefficient (Wildman–Crippen LogP) is 5.26. The molecule has 0 spiro atoms. The molecule has 0 bridgehead atoms. The molecule has 9 heteroatoms. The largest absolute Gasteiger partial charge is 0.506 e. The Hall–Kier alpha value is -2.58. The lowest BCUT2D eigenvalue weighted by Gasteiger charge is -2.29. The molecule has 0 radical (unpaired) electrons. The molecule has 4 rings (SSSR count). The molecule has 1 saturated carbocycles. The van der Waals surface area contributed by atoms with E-state index in [1.54, 1.807) is 26.0 Å². The number of aromatic nitrogens is 4. The first-order valence-electron chi connectivity index (χ1n) is 11.7. The maximum atomic E-state index is 10.6. The monoisotopic (exact) mass is 472 g/mol. The number of benzene rings is 1. The zero-order chi connectivity index (χ0) is 23.6. The Morgan fingerprint density at radius 1 is 1.21 bits per heavy atom. The fourth-order valence-corrected chi connectivity index (χ4v) is 4.74. The van der Waals surface area contributed by atoms with Crippen molar-refractivity contribution < 1.29 is 10.2 Å². The van der Waals surface area contributed by atoms with Crippen LogP contribution in [0.5, 0.6) is 5.75 Å². The molecule has 2 heterocycles. The lowest BCUT2D eigenvalue weighted by Crippen LogP contribution is -2.41. The van der Waals surface area contributed by atoms with E-state index in [2.05, 4.69) is 20.2 Å². The summed E-state index contributed by atoms with van der Waals surface area (Å²) in [5, 5.41) is 27.8. The summed E-state index contributed by atoms with van der Waals surface area (Å²) in [6.45, 7) is 5.90. The Balaban J connectivity index is 1.71. The Kier molecular flexibility index (Phi) is 6.95. The highest BCUT2D eigenvalue weighted by Gasteiger charge is 2.27. The topological polar surface area (TPSA) is 108 Å². The molecule has 1 unspecified atom stereocenters. The standard InChI is InChI=1S/C24H33ClN6O2/c1-4-18(24(2,3)33)28-23-29-21(26-13-15-9-8-12-17(25)20(15)32)19-22(30-23)31(14-27-19)16-10-6-5-7-11-16/h8-9,12,14,16,18,32-33H,4-7,10-11,13H2,1-3H3,(H2,26,28,29,30). The van der Waals surface area contributed by atoms with E-state index in [0.717, 1.165) is 18.5 Å². The molecule has 3 aromatic rings. The van der Waals surface area contributed by atoms with Gasteiger partial charge in [-0.25, -0.2) is 4.98 Å². The third-order valence-corrected chi connectivity index (χ3v) is 6.78. The minimum atomic E-state index is -0.934. The van der Waals surface area contributed by atoms with Gasteiger partial charge in [0.1, 0.15) is 5.75 Å². The number of aromatic hydroxyl groups is 1. The van der Waals surface area contributed by atoms with Crippen LogP contribution in [0.3, 0.4) is 0 Å². The van der Waals surface area contributed by atoms with Gasteiger partial charge in [0.05, 0.1) is 23.0 Å². The number of hydrogen-bond acceptors (Lipinski definition) is 7. The first-order chi connectivity index (χ1) is 15.8. The normalized spacial score (nSPS) is 16.2. The number of imidazole rings is 1. The highest BCUT2D eigenvalue weighted by atomic mass is 35.5. The van der Waals surface area contributed by atoms with E-state index in [0.29, 0.717) is 46.9 Å². The van der Waals surface area contributed by atoms with E-state index in [-0.39, 0.29) is 11.8 Å². The second-order valence-corrected chi connectivity index (χ2v) is 9.78. The third kappa shape index (κ3) is 5.17. The van der Waals surface area contributed by atoms with Gasteiger partial charge in [-0.3, -0.25) is 0 Å². The molecule has 178 valence electrons. The quantitative estimate of drug-likeness (QED) is 0.354. The molecule has 1 atom stereocenters. The number of phenolic OH excluding ortho intramolecular Hbond substituents is 1. The van der Waals surface area contributed by atoms with E-state index in [9.17, 15) is 10.2 Å². The smallest absolute Gasteiger partial charge is 0.227 e. The van der Waals surface area contributed by atoms with Gasteiger partial charge in [0.2, 0.25) is 5.95 Å². The van der Waals surface area contributed by atoms with Crippen LogP contribution in [-0.2, 0) is 6.54 Å². The average Bonchev–Trinajstić information content (AvgIpc) is 3.22. The second-order valence-electron chi connectivity index (χ2n) is 9.37. The molecule has 1 aliphatic rings. The van der Waals surface area contributed by atoms with Crippen LogP contribution in [0.1, 0.15) is 70.9 Å². The van der Waals surface area contributed by atoms with Crippen molar-refractivity contribution in [3.05, 3.63) is 35.1 Å². The van der Waals surface area contributed by atoms with Crippen LogP contribution in [0.15, 0.2) is 24.5 Å². The Bertz CT molecular complexity index is 1100. The first-order valence-corrected chi connectivity index (χ1v) is 12.1. The van der Waals surface area contributed by atoms with Gasteiger partial charge in [-0.2, -0.15) is 9.97 Å². The van der Waals surface area contributed by atoms with Crippen molar-refractivity contribution >= 4 is 34.5 Å². The molecular formula is C24H33ClN6O2. The number of hydrogen-bond donors (Lipinski definition) is 4. The highest BCUT2D eigenvalue weighted by molar-refractivity contribution is 6.32. The minimum Gasteiger partial charge on any atom is -0.506 e. The van der Waals surface area contributed by atoms with E-state index in [4.69, 9.17) is 21.6 Å². The summed E-state index contributed by atoms with van der Waals surface area (Å²) < 4.78 is 2.16. The van der Waals surface area contributed by atoms with Gasteiger partial charge in [-0.1, -0.05) is 49.9 Å². The van der Waals surface area contributed by atoms with Crippen LogP contribution in [0.25, 0.3) is 11.2 Å². The van der Waals surface area contributed by atoms with E-state index in [1.165, 1.54) is 19.3 Å². The molecule has 2 aromatic heterocycles. The number of para-hydroxylation sites is 1. The number of halogens is 1. The van der Waals surface area contributed by atoms with Crippen molar-refractivity contribution in [1.29, 1.82) is 0 Å². The molecule has 1 aliphatic carbocycles. The number of nitrogens with one attached hydrogen (secondary N) is 2. The van der Waals surface area contributed by atoms with Gasteiger partial charge < -0.3 is 25.4 Å². The first kappa shape index (κ1) is 23.6. The average molecular weight is 473 g/mol. The van der Waals surface area contributed by atoms with Gasteiger partial charge in [0.25, 0.3) is 0 Å². The van der Waals surface area contributed by atoms with Crippen molar-refractivity contribution in [3.8, 4) is 5.75 Å². The van der Waals surface area contributed by atoms with Crippen LogP contribution < -0.4 is 10.6 Å². The molecule has 4 N–H and O–H groups in total. The lowest BCUT2D eigenvalue weighted by atomic mass is 9.95. The number of phenols is 1. The van der Waals surface area contributed by atoms with Crippen LogP contribution >= 0.6 is 11.6 Å². The highest BCUT2D eigenvalue weighted by Crippen LogP contribution is 2.33. The van der Waals surface area contributed by atoms with E-state index in [1.807, 2.05) is 19.3 Å². The van der Waals surface area contributed by atoms with Crippen molar-refractivity contribution in [2.24, 2.45) is 0 Å². The van der Waals surface area contributed by atoms with Gasteiger partial charge in [-0.15, -0.1) is 0 Å².